The molecule has 19 heavy (non-hydrogen) atoms. The van der Waals surface area contributed by atoms with Crippen molar-refractivity contribution in [3.63, 3.8) is 0 Å². The number of carbonyl (C=O) groups is 1. The van der Waals surface area contributed by atoms with Crippen LogP contribution in [0.1, 0.15) is 10.5 Å². The van der Waals surface area contributed by atoms with Crippen LogP contribution in [0.2, 0.25) is 0 Å². The number of aromatic nitrogens is 3. The summed E-state index contributed by atoms with van der Waals surface area (Å²) in [4.78, 5) is 15.2. The number of benzene rings is 1. The largest absolute Gasteiger partial charge is 0.476 e. The van der Waals surface area contributed by atoms with E-state index < -0.39 is 11.8 Å². The Balaban J connectivity index is 2.37. The molecule has 3 aromatic rings. The van der Waals surface area contributed by atoms with E-state index in [0.717, 1.165) is 0 Å². The number of para-hydroxylation sites is 1. The molecule has 0 atom stereocenters. The summed E-state index contributed by atoms with van der Waals surface area (Å²) >= 11 is 0. The third kappa shape index (κ3) is 1.74. The van der Waals surface area contributed by atoms with Crippen LogP contribution in [0.5, 0.6) is 0 Å². The van der Waals surface area contributed by atoms with Crippen molar-refractivity contribution in [1.82, 2.24) is 14.8 Å². The topological polar surface area (TPSA) is 68.0 Å². The van der Waals surface area contributed by atoms with Crippen molar-refractivity contribution in [3.05, 3.63) is 54.1 Å². The van der Waals surface area contributed by atoms with Gasteiger partial charge in [0.25, 0.3) is 0 Å². The van der Waals surface area contributed by atoms with Crippen LogP contribution in [0.3, 0.4) is 0 Å². The van der Waals surface area contributed by atoms with E-state index in [-0.39, 0.29) is 11.4 Å². The van der Waals surface area contributed by atoms with Crippen molar-refractivity contribution < 1.29 is 14.3 Å². The lowest BCUT2D eigenvalue weighted by atomic mass is 10.2. The van der Waals surface area contributed by atoms with E-state index in [9.17, 15) is 9.18 Å². The number of carboxylic acid groups (broad SMARTS) is 1. The number of rotatable bonds is 2. The molecule has 0 aliphatic carbocycles. The van der Waals surface area contributed by atoms with Crippen molar-refractivity contribution in [3.8, 4) is 5.69 Å². The van der Waals surface area contributed by atoms with Crippen molar-refractivity contribution in [2.75, 3.05) is 0 Å². The molecule has 0 fully saturated rings. The zero-order valence-electron chi connectivity index (χ0n) is 9.62. The number of hydrogen-bond donors (Lipinski definition) is 1. The normalized spacial score (nSPS) is 10.8. The first-order valence-electron chi connectivity index (χ1n) is 5.50. The monoisotopic (exact) mass is 257 g/mol. The Morgan fingerprint density at radius 2 is 2.00 bits per heavy atom. The predicted molar refractivity (Wildman–Crippen MR) is 65.8 cm³/mol. The molecule has 0 radical (unpaired) electrons. The highest BCUT2D eigenvalue weighted by Crippen LogP contribution is 2.21. The van der Waals surface area contributed by atoms with E-state index in [0.29, 0.717) is 11.0 Å². The number of carboxylic acids is 1. The quantitative estimate of drug-likeness (QED) is 0.764. The fourth-order valence-electron chi connectivity index (χ4n) is 1.90. The minimum Gasteiger partial charge on any atom is -0.476 e. The van der Waals surface area contributed by atoms with Crippen molar-refractivity contribution in [1.29, 1.82) is 0 Å². The van der Waals surface area contributed by atoms with Gasteiger partial charge in [0.1, 0.15) is 11.5 Å². The Morgan fingerprint density at radius 1 is 1.21 bits per heavy atom. The van der Waals surface area contributed by atoms with Gasteiger partial charge in [-0.1, -0.05) is 12.1 Å². The van der Waals surface area contributed by atoms with Gasteiger partial charge in [-0.2, -0.15) is 5.10 Å². The number of nitrogens with zero attached hydrogens (tertiary/aromatic N) is 3. The highest BCUT2D eigenvalue weighted by Gasteiger charge is 2.19. The van der Waals surface area contributed by atoms with Gasteiger partial charge in [0.2, 0.25) is 0 Å². The zero-order chi connectivity index (χ0) is 13.4. The molecule has 0 aliphatic heterocycles. The standard InChI is InChI=1S/C13H8FN3O2/c14-9-5-1-2-6-10(9)17-12-8(4-3-7-15-12)11(16-17)13(18)19/h1-7H,(H,18,19). The second kappa shape index (κ2) is 4.16. The Labute approximate surface area is 106 Å². The first-order valence-corrected chi connectivity index (χ1v) is 5.50. The lowest BCUT2D eigenvalue weighted by Gasteiger charge is -2.03. The van der Waals surface area contributed by atoms with E-state index >= 15 is 0 Å². The van der Waals surface area contributed by atoms with Crippen LogP contribution in [0.25, 0.3) is 16.7 Å². The number of pyridine rings is 1. The Kier molecular flexibility index (Phi) is 2.49. The summed E-state index contributed by atoms with van der Waals surface area (Å²) in [5.74, 6) is -1.66. The molecule has 3 rings (SSSR count). The highest BCUT2D eigenvalue weighted by molar-refractivity contribution is 6.00. The molecule has 0 saturated heterocycles. The number of halogens is 1. The average molecular weight is 257 g/mol. The third-order valence-corrected chi connectivity index (χ3v) is 2.73. The second-order valence-corrected chi connectivity index (χ2v) is 3.89. The molecule has 0 unspecified atom stereocenters. The number of hydrogen-bond acceptors (Lipinski definition) is 3. The molecule has 0 spiro atoms. The van der Waals surface area contributed by atoms with E-state index in [1.165, 1.54) is 23.0 Å². The van der Waals surface area contributed by atoms with Gasteiger partial charge in [-0.25, -0.2) is 18.9 Å². The van der Waals surface area contributed by atoms with Crippen LogP contribution >= 0.6 is 0 Å². The molecule has 2 heterocycles. The third-order valence-electron chi connectivity index (χ3n) is 2.73. The van der Waals surface area contributed by atoms with Crippen molar-refractivity contribution >= 4 is 17.0 Å². The maximum atomic E-state index is 13.8. The smallest absolute Gasteiger partial charge is 0.357 e. The predicted octanol–water partition coefficient (Wildman–Crippen LogP) is 2.26. The maximum Gasteiger partial charge on any atom is 0.357 e. The van der Waals surface area contributed by atoms with Gasteiger partial charge in [-0.3, -0.25) is 0 Å². The van der Waals surface area contributed by atoms with Crippen LogP contribution < -0.4 is 0 Å². The van der Waals surface area contributed by atoms with Crippen molar-refractivity contribution in [2.45, 2.75) is 0 Å². The second-order valence-electron chi connectivity index (χ2n) is 3.89. The molecule has 1 aromatic carbocycles. The summed E-state index contributed by atoms with van der Waals surface area (Å²) in [6.07, 6.45) is 1.51. The van der Waals surface area contributed by atoms with Gasteiger partial charge in [0, 0.05) is 6.20 Å². The van der Waals surface area contributed by atoms with E-state index in [1.807, 2.05) is 0 Å². The maximum absolute atomic E-state index is 13.8. The lowest BCUT2D eigenvalue weighted by molar-refractivity contribution is 0.0692. The fraction of sp³-hybridized carbons (Fsp3) is 0. The van der Waals surface area contributed by atoms with Crippen LogP contribution in [-0.2, 0) is 0 Å². The molecule has 0 amide bonds. The van der Waals surface area contributed by atoms with Crippen LogP contribution in [-0.4, -0.2) is 25.8 Å². The molecule has 6 heteroatoms. The molecule has 94 valence electrons. The van der Waals surface area contributed by atoms with Crippen LogP contribution in [0.15, 0.2) is 42.6 Å². The first-order chi connectivity index (χ1) is 9.18. The summed E-state index contributed by atoms with van der Waals surface area (Å²) in [7, 11) is 0. The summed E-state index contributed by atoms with van der Waals surface area (Å²) in [5, 5.41) is 13.4. The summed E-state index contributed by atoms with van der Waals surface area (Å²) in [6.45, 7) is 0. The van der Waals surface area contributed by atoms with Gasteiger partial charge >= 0.3 is 5.97 Å². The molecular weight excluding hydrogens is 249 g/mol. The molecule has 5 nitrogen and oxygen atoms in total. The molecule has 0 bridgehead atoms. The highest BCUT2D eigenvalue weighted by atomic mass is 19.1. The van der Waals surface area contributed by atoms with E-state index in [4.69, 9.17) is 5.11 Å². The molecule has 0 saturated carbocycles. The van der Waals surface area contributed by atoms with Crippen LogP contribution in [0, 0.1) is 5.82 Å². The molecule has 0 aliphatic rings. The molecule has 2 aromatic heterocycles. The summed E-state index contributed by atoms with van der Waals surface area (Å²) in [6, 6.07) is 9.21. The SMILES string of the molecule is O=C(O)c1nn(-c2ccccc2F)c2ncccc12. The number of aromatic carboxylic acids is 1. The lowest BCUT2D eigenvalue weighted by Crippen LogP contribution is -2.03. The van der Waals surface area contributed by atoms with Crippen LogP contribution in [0.4, 0.5) is 4.39 Å². The minimum atomic E-state index is -1.17. The molecular formula is C13H8FN3O2. The summed E-state index contributed by atoms with van der Waals surface area (Å²) < 4.78 is 15.0. The van der Waals surface area contributed by atoms with Gasteiger partial charge in [-0.15, -0.1) is 0 Å². The first kappa shape index (κ1) is 11.3. The van der Waals surface area contributed by atoms with Gasteiger partial charge in [-0.05, 0) is 24.3 Å². The summed E-state index contributed by atoms with van der Waals surface area (Å²) in [5.41, 5.74) is 0.329. The minimum absolute atomic E-state index is 0.147. The van der Waals surface area contributed by atoms with Crippen molar-refractivity contribution in [2.24, 2.45) is 0 Å². The fourth-order valence-corrected chi connectivity index (χ4v) is 1.90. The zero-order valence-corrected chi connectivity index (χ0v) is 9.62. The Morgan fingerprint density at radius 3 is 2.74 bits per heavy atom. The molecule has 1 N–H and O–H groups in total. The van der Waals surface area contributed by atoms with E-state index in [2.05, 4.69) is 10.1 Å². The Bertz CT molecular complexity index is 782. The Hall–Kier alpha value is -2.76. The van der Waals surface area contributed by atoms with Gasteiger partial charge in [0.15, 0.2) is 11.3 Å². The van der Waals surface area contributed by atoms with E-state index in [1.54, 1.807) is 24.3 Å². The average Bonchev–Trinajstić information content (AvgIpc) is 2.79. The number of fused-ring (bicyclic) bond motifs is 1. The van der Waals surface area contributed by atoms with Gasteiger partial charge < -0.3 is 5.11 Å². The van der Waals surface area contributed by atoms with Gasteiger partial charge in [0.05, 0.1) is 5.39 Å².